The van der Waals surface area contributed by atoms with Gasteiger partial charge >= 0.3 is 0 Å². The molecule has 0 aromatic carbocycles. The second-order valence-electron chi connectivity index (χ2n) is 3.45. The zero-order valence-electron chi connectivity index (χ0n) is 8.59. The van der Waals surface area contributed by atoms with Crippen LogP contribution in [0, 0.1) is 0 Å². The van der Waals surface area contributed by atoms with E-state index < -0.39 is 0 Å². The van der Waals surface area contributed by atoms with Gasteiger partial charge in [0.1, 0.15) is 0 Å². The molecule has 1 nitrogen and oxygen atoms in total. The molecular formula is C12H17N. The topological polar surface area (TPSA) is 15.8 Å². The summed E-state index contributed by atoms with van der Waals surface area (Å²) in [4.78, 5) is 3.35. The third-order valence-corrected chi connectivity index (χ3v) is 2.07. The van der Waals surface area contributed by atoms with Crippen molar-refractivity contribution in [3.8, 4) is 0 Å². The van der Waals surface area contributed by atoms with Crippen LogP contribution in [0.3, 0.4) is 0 Å². The molecule has 1 N–H and O–H groups in total. The number of rotatable bonds is 3. The summed E-state index contributed by atoms with van der Waals surface area (Å²) >= 11 is 0. The van der Waals surface area contributed by atoms with Crippen molar-refractivity contribution >= 4 is 12.2 Å². The van der Waals surface area contributed by atoms with Crippen LogP contribution in [0.25, 0.3) is 12.2 Å². The molecule has 0 unspecified atom stereocenters. The summed E-state index contributed by atoms with van der Waals surface area (Å²) in [5, 5.41) is 0. The van der Waals surface area contributed by atoms with E-state index in [4.69, 9.17) is 0 Å². The third kappa shape index (κ3) is 2.11. The zero-order chi connectivity index (χ0) is 9.84. The number of hydrogen-bond acceptors (Lipinski definition) is 0. The normalized spacial score (nSPS) is 11.4. The number of nitrogens with one attached hydrogen (secondary N) is 1. The van der Waals surface area contributed by atoms with Gasteiger partial charge in [0.25, 0.3) is 0 Å². The van der Waals surface area contributed by atoms with Gasteiger partial charge in [-0.2, -0.15) is 0 Å². The van der Waals surface area contributed by atoms with Gasteiger partial charge < -0.3 is 4.98 Å². The molecule has 0 saturated carbocycles. The van der Waals surface area contributed by atoms with Crippen LogP contribution in [0.2, 0.25) is 0 Å². The van der Waals surface area contributed by atoms with Crippen molar-refractivity contribution in [2.75, 3.05) is 0 Å². The molecule has 1 heterocycles. The summed E-state index contributed by atoms with van der Waals surface area (Å²) in [5.74, 6) is 0.540. The van der Waals surface area contributed by atoms with Crippen molar-refractivity contribution in [2.45, 2.75) is 26.7 Å². The van der Waals surface area contributed by atoms with E-state index in [1.807, 2.05) is 19.1 Å². The molecule has 1 aromatic rings. The average molecular weight is 175 g/mol. The van der Waals surface area contributed by atoms with Crippen LogP contribution in [0.15, 0.2) is 18.7 Å². The Labute approximate surface area is 80.2 Å². The quantitative estimate of drug-likeness (QED) is 0.719. The first-order valence-electron chi connectivity index (χ1n) is 4.67. The molecule has 70 valence electrons. The molecule has 0 atom stereocenters. The Balaban J connectivity index is 3.11. The Morgan fingerprint density at radius 3 is 2.62 bits per heavy atom. The predicted octanol–water partition coefficient (Wildman–Crippen LogP) is 3.81. The molecule has 1 aromatic heterocycles. The SMILES string of the molecule is C=Cc1[nH]c(C(C)C)cc1/C=C\C. The van der Waals surface area contributed by atoms with Crippen molar-refractivity contribution < 1.29 is 0 Å². The highest BCUT2D eigenvalue weighted by Gasteiger charge is 2.05. The molecule has 0 fully saturated rings. The molecular weight excluding hydrogens is 158 g/mol. The molecule has 0 bridgehead atoms. The van der Waals surface area contributed by atoms with Crippen LogP contribution >= 0.6 is 0 Å². The van der Waals surface area contributed by atoms with E-state index in [0.717, 1.165) is 5.69 Å². The van der Waals surface area contributed by atoms with E-state index in [2.05, 4.69) is 37.6 Å². The molecule has 0 radical (unpaired) electrons. The fourth-order valence-electron chi connectivity index (χ4n) is 1.31. The summed E-state index contributed by atoms with van der Waals surface area (Å²) in [7, 11) is 0. The fourth-order valence-corrected chi connectivity index (χ4v) is 1.31. The lowest BCUT2D eigenvalue weighted by Gasteiger charge is -1.98. The Morgan fingerprint density at radius 1 is 1.46 bits per heavy atom. The highest BCUT2D eigenvalue weighted by molar-refractivity contribution is 5.63. The minimum absolute atomic E-state index is 0.540. The number of allylic oxidation sites excluding steroid dienone is 1. The monoisotopic (exact) mass is 175 g/mol. The van der Waals surface area contributed by atoms with Crippen LogP contribution in [0.1, 0.15) is 43.6 Å². The first-order valence-corrected chi connectivity index (χ1v) is 4.67. The van der Waals surface area contributed by atoms with Gasteiger partial charge in [-0.3, -0.25) is 0 Å². The largest absolute Gasteiger partial charge is 0.358 e. The highest BCUT2D eigenvalue weighted by atomic mass is 14.7. The molecule has 0 aliphatic rings. The Hall–Kier alpha value is -1.24. The van der Waals surface area contributed by atoms with Crippen LogP contribution < -0.4 is 0 Å². The summed E-state index contributed by atoms with van der Waals surface area (Å²) < 4.78 is 0. The van der Waals surface area contributed by atoms with Crippen molar-refractivity contribution in [1.29, 1.82) is 0 Å². The first kappa shape index (κ1) is 9.85. The number of hydrogen-bond donors (Lipinski definition) is 1. The van der Waals surface area contributed by atoms with E-state index in [9.17, 15) is 0 Å². The van der Waals surface area contributed by atoms with Crippen molar-refractivity contribution in [3.63, 3.8) is 0 Å². The third-order valence-electron chi connectivity index (χ3n) is 2.07. The van der Waals surface area contributed by atoms with Crippen LogP contribution in [0.5, 0.6) is 0 Å². The summed E-state index contributed by atoms with van der Waals surface area (Å²) in [6, 6.07) is 2.18. The second kappa shape index (κ2) is 4.13. The van der Waals surface area contributed by atoms with Crippen molar-refractivity contribution in [2.24, 2.45) is 0 Å². The van der Waals surface area contributed by atoms with E-state index in [1.54, 1.807) is 0 Å². The molecule has 13 heavy (non-hydrogen) atoms. The van der Waals surface area contributed by atoms with Gasteiger partial charge in [-0.15, -0.1) is 0 Å². The number of H-pyrrole nitrogens is 1. The van der Waals surface area contributed by atoms with Crippen LogP contribution in [-0.4, -0.2) is 4.98 Å². The van der Waals surface area contributed by atoms with Crippen LogP contribution in [0.4, 0.5) is 0 Å². The minimum Gasteiger partial charge on any atom is -0.358 e. The van der Waals surface area contributed by atoms with Crippen molar-refractivity contribution in [1.82, 2.24) is 4.98 Å². The smallest absolute Gasteiger partial charge is 0.0450 e. The van der Waals surface area contributed by atoms with E-state index in [1.165, 1.54) is 11.3 Å². The molecule has 1 rings (SSSR count). The number of aromatic amines is 1. The van der Waals surface area contributed by atoms with Gasteiger partial charge in [0, 0.05) is 11.4 Å². The molecule has 1 heteroatoms. The maximum absolute atomic E-state index is 3.78. The minimum atomic E-state index is 0.540. The van der Waals surface area contributed by atoms with Gasteiger partial charge in [0.05, 0.1) is 0 Å². The van der Waals surface area contributed by atoms with Crippen LogP contribution in [-0.2, 0) is 0 Å². The maximum Gasteiger partial charge on any atom is 0.0450 e. The molecule has 0 saturated heterocycles. The molecule has 0 aliphatic heterocycles. The first-order chi connectivity index (χ1) is 6.19. The summed E-state index contributed by atoms with van der Waals surface area (Å²) in [5.41, 5.74) is 3.60. The average Bonchev–Trinajstić information content (AvgIpc) is 2.48. The zero-order valence-corrected chi connectivity index (χ0v) is 8.59. The van der Waals surface area contributed by atoms with Gasteiger partial charge in [0.2, 0.25) is 0 Å². The molecule has 0 spiro atoms. The van der Waals surface area contributed by atoms with Gasteiger partial charge in [0.15, 0.2) is 0 Å². The maximum atomic E-state index is 3.78. The molecule has 0 aliphatic carbocycles. The standard InChI is InChI=1S/C12H17N/c1-5-7-10-8-12(9(3)4)13-11(10)6-2/h5-9,13H,2H2,1,3-4H3/b7-5-. The van der Waals surface area contributed by atoms with Gasteiger partial charge in [-0.25, -0.2) is 0 Å². The summed E-state index contributed by atoms with van der Waals surface area (Å²) in [6.45, 7) is 10.2. The Bertz CT molecular complexity index is 316. The fraction of sp³-hybridized carbons (Fsp3) is 0.333. The highest BCUT2D eigenvalue weighted by Crippen LogP contribution is 2.20. The van der Waals surface area contributed by atoms with E-state index in [0.29, 0.717) is 5.92 Å². The number of aromatic nitrogens is 1. The second-order valence-corrected chi connectivity index (χ2v) is 3.45. The lowest BCUT2D eigenvalue weighted by atomic mass is 10.1. The van der Waals surface area contributed by atoms with Gasteiger partial charge in [-0.05, 0) is 30.5 Å². The summed E-state index contributed by atoms with van der Waals surface area (Å²) in [6.07, 6.45) is 6.00. The lowest BCUT2D eigenvalue weighted by Crippen LogP contribution is -1.85. The Kier molecular flexibility index (Phi) is 3.13. The van der Waals surface area contributed by atoms with Gasteiger partial charge in [-0.1, -0.05) is 32.6 Å². The lowest BCUT2D eigenvalue weighted by molar-refractivity contribution is 0.832. The van der Waals surface area contributed by atoms with E-state index >= 15 is 0 Å². The molecule has 0 amide bonds. The van der Waals surface area contributed by atoms with Crippen molar-refractivity contribution in [3.05, 3.63) is 35.7 Å². The Morgan fingerprint density at radius 2 is 2.15 bits per heavy atom. The van der Waals surface area contributed by atoms with E-state index in [-0.39, 0.29) is 0 Å². The predicted molar refractivity (Wildman–Crippen MR) is 59.7 cm³/mol.